The van der Waals surface area contributed by atoms with Crippen LogP contribution in [0, 0.1) is 0 Å². The number of rotatable bonds is 6. The van der Waals surface area contributed by atoms with E-state index in [1.165, 1.54) is 38.9 Å². The molecule has 5 heteroatoms. The van der Waals surface area contributed by atoms with Crippen molar-refractivity contribution in [2.45, 2.75) is 32.2 Å². The van der Waals surface area contributed by atoms with Gasteiger partial charge in [0.1, 0.15) is 0 Å². The van der Waals surface area contributed by atoms with Gasteiger partial charge in [0.15, 0.2) is 11.5 Å². The summed E-state index contributed by atoms with van der Waals surface area (Å²) in [5.41, 5.74) is 4.41. The van der Waals surface area contributed by atoms with Crippen LogP contribution in [-0.2, 0) is 12.8 Å². The van der Waals surface area contributed by atoms with Gasteiger partial charge in [0.05, 0.1) is 27.4 Å². The Bertz CT molecular complexity index is 791. The van der Waals surface area contributed by atoms with Crippen LogP contribution in [0.25, 0.3) is 0 Å². The maximum atomic E-state index is 12.7. The molecule has 0 aromatic heterocycles. The van der Waals surface area contributed by atoms with Gasteiger partial charge >= 0.3 is 0 Å². The van der Waals surface area contributed by atoms with Gasteiger partial charge in [0.2, 0.25) is 5.75 Å². The van der Waals surface area contributed by atoms with E-state index in [9.17, 15) is 4.79 Å². The van der Waals surface area contributed by atoms with Crippen molar-refractivity contribution in [1.82, 2.24) is 5.32 Å². The van der Waals surface area contributed by atoms with E-state index in [0.29, 0.717) is 22.8 Å². The summed E-state index contributed by atoms with van der Waals surface area (Å²) in [7, 11) is 4.61. The average Bonchev–Trinajstić information content (AvgIpc) is 3.14. The van der Waals surface area contributed by atoms with E-state index < -0.39 is 0 Å². The number of hydrogen-bond donors (Lipinski definition) is 1. The Morgan fingerprint density at radius 1 is 0.962 bits per heavy atom. The Kier molecular flexibility index (Phi) is 5.35. The summed E-state index contributed by atoms with van der Waals surface area (Å²) in [6.45, 7) is 1.99. The molecule has 1 aliphatic carbocycles. The molecular formula is C21H25NO4. The number of carbonyl (C=O) groups excluding carboxylic acids is 1. The fourth-order valence-electron chi connectivity index (χ4n) is 3.44. The summed E-state index contributed by atoms with van der Waals surface area (Å²) >= 11 is 0. The highest BCUT2D eigenvalue weighted by Crippen LogP contribution is 2.38. The first-order chi connectivity index (χ1) is 12.6. The minimum atomic E-state index is -0.183. The second-order valence-electron chi connectivity index (χ2n) is 6.49. The van der Waals surface area contributed by atoms with Gasteiger partial charge < -0.3 is 19.5 Å². The molecule has 0 saturated heterocycles. The van der Waals surface area contributed by atoms with Crippen molar-refractivity contribution in [3.05, 3.63) is 52.6 Å². The lowest BCUT2D eigenvalue weighted by molar-refractivity contribution is 0.0939. The van der Waals surface area contributed by atoms with Crippen molar-refractivity contribution in [3.8, 4) is 17.2 Å². The minimum absolute atomic E-state index is 0.0903. The molecule has 138 valence electrons. The first-order valence-electron chi connectivity index (χ1n) is 8.80. The first-order valence-corrected chi connectivity index (χ1v) is 8.80. The topological polar surface area (TPSA) is 56.8 Å². The van der Waals surface area contributed by atoms with Gasteiger partial charge in [0, 0.05) is 5.56 Å². The Morgan fingerprint density at radius 3 is 2.23 bits per heavy atom. The van der Waals surface area contributed by atoms with Gasteiger partial charge in [-0.3, -0.25) is 4.79 Å². The monoisotopic (exact) mass is 355 g/mol. The largest absolute Gasteiger partial charge is 0.493 e. The van der Waals surface area contributed by atoms with Crippen LogP contribution in [-0.4, -0.2) is 27.2 Å². The van der Waals surface area contributed by atoms with Gasteiger partial charge in [0.25, 0.3) is 5.91 Å². The van der Waals surface area contributed by atoms with Crippen LogP contribution in [0.4, 0.5) is 0 Å². The van der Waals surface area contributed by atoms with Crippen LogP contribution < -0.4 is 19.5 Å². The first kappa shape index (κ1) is 18.1. The molecule has 0 radical (unpaired) electrons. The number of amides is 1. The highest BCUT2D eigenvalue weighted by Gasteiger charge is 2.19. The normalized spacial score (nSPS) is 13.7. The number of ether oxygens (including phenoxy) is 3. The Hall–Kier alpha value is -2.69. The standard InChI is InChI=1S/C21H25NO4/c1-13(15-9-8-14-6-5-7-16(14)10-15)22-21(23)17-11-18(24-2)20(26-4)19(12-17)25-3/h8-13H,5-7H2,1-4H3,(H,22,23)/t13-/m1/s1. The van der Waals surface area contributed by atoms with Crippen molar-refractivity contribution < 1.29 is 19.0 Å². The van der Waals surface area contributed by atoms with Crippen LogP contribution in [0.15, 0.2) is 30.3 Å². The second-order valence-corrected chi connectivity index (χ2v) is 6.49. The quantitative estimate of drug-likeness (QED) is 0.859. The molecular weight excluding hydrogens is 330 g/mol. The molecule has 0 aliphatic heterocycles. The molecule has 1 N–H and O–H groups in total. The highest BCUT2D eigenvalue weighted by atomic mass is 16.5. The van der Waals surface area contributed by atoms with Gasteiger partial charge in [-0.15, -0.1) is 0 Å². The van der Waals surface area contributed by atoms with Gasteiger partial charge in [-0.2, -0.15) is 0 Å². The van der Waals surface area contributed by atoms with Gasteiger partial charge in [-0.05, 0) is 55.0 Å². The zero-order valence-electron chi connectivity index (χ0n) is 15.7. The van der Waals surface area contributed by atoms with E-state index >= 15 is 0 Å². The average molecular weight is 355 g/mol. The van der Waals surface area contributed by atoms with Crippen LogP contribution in [0.2, 0.25) is 0 Å². The smallest absolute Gasteiger partial charge is 0.252 e. The van der Waals surface area contributed by atoms with Crippen molar-refractivity contribution in [2.24, 2.45) is 0 Å². The second kappa shape index (κ2) is 7.68. The summed E-state index contributed by atoms with van der Waals surface area (Å²) in [6.07, 6.45) is 3.49. The molecule has 0 unspecified atom stereocenters. The number of fused-ring (bicyclic) bond motifs is 1. The fourth-order valence-corrected chi connectivity index (χ4v) is 3.44. The molecule has 26 heavy (non-hydrogen) atoms. The molecule has 1 atom stereocenters. The Labute approximate surface area is 154 Å². The fraction of sp³-hybridized carbons (Fsp3) is 0.381. The number of hydrogen-bond acceptors (Lipinski definition) is 4. The SMILES string of the molecule is COc1cc(C(=O)N[C@H](C)c2ccc3c(c2)CCC3)cc(OC)c1OC. The molecule has 2 aromatic carbocycles. The Balaban J connectivity index is 1.81. The predicted molar refractivity (Wildman–Crippen MR) is 100 cm³/mol. The molecule has 0 fully saturated rings. The van der Waals surface area contributed by atoms with Crippen LogP contribution >= 0.6 is 0 Å². The van der Waals surface area contributed by atoms with E-state index in [1.54, 1.807) is 12.1 Å². The summed E-state index contributed by atoms with van der Waals surface area (Å²) in [6, 6.07) is 9.72. The Morgan fingerprint density at radius 2 is 1.62 bits per heavy atom. The number of benzene rings is 2. The lowest BCUT2D eigenvalue weighted by Gasteiger charge is -2.17. The molecule has 5 nitrogen and oxygen atoms in total. The van der Waals surface area contributed by atoms with E-state index in [1.807, 2.05) is 6.92 Å². The van der Waals surface area contributed by atoms with E-state index in [2.05, 4.69) is 23.5 Å². The summed E-state index contributed by atoms with van der Waals surface area (Å²) < 4.78 is 16.0. The summed E-state index contributed by atoms with van der Waals surface area (Å²) in [5, 5.41) is 3.05. The third kappa shape index (κ3) is 3.47. The van der Waals surface area contributed by atoms with Crippen LogP contribution in [0.1, 0.15) is 46.4 Å². The maximum Gasteiger partial charge on any atom is 0.252 e. The minimum Gasteiger partial charge on any atom is -0.493 e. The lowest BCUT2D eigenvalue weighted by atomic mass is 10.0. The molecule has 2 aromatic rings. The predicted octanol–water partition coefficient (Wildman–Crippen LogP) is 3.69. The van der Waals surface area contributed by atoms with E-state index in [0.717, 1.165) is 18.4 Å². The molecule has 1 aliphatic rings. The third-order valence-electron chi connectivity index (χ3n) is 4.90. The molecule has 0 heterocycles. The zero-order chi connectivity index (χ0) is 18.7. The van der Waals surface area contributed by atoms with Crippen LogP contribution in [0.5, 0.6) is 17.2 Å². The molecule has 0 spiro atoms. The number of carbonyl (C=O) groups is 1. The molecule has 1 amide bonds. The molecule has 0 saturated carbocycles. The lowest BCUT2D eigenvalue weighted by Crippen LogP contribution is -2.26. The summed E-state index contributed by atoms with van der Waals surface area (Å²) in [5.74, 6) is 1.21. The zero-order valence-corrected chi connectivity index (χ0v) is 15.7. The van der Waals surface area contributed by atoms with Gasteiger partial charge in [-0.1, -0.05) is 18.2 Å². The number of aryl methyl sites for hydroxylation is 2. The van der Waals surface area contributed by atoms with Crippen molar-refractivity contribution in [1.29, 1.82) is 0 Å². The molecule has 3 rings (SSSR count). The highest BCUT2D eigenvalue weighted by molar-refractivity contribution is 5.95. The van der Waals surface area contributed by atoms with Gasteiger partial charge in [-0.25, -0.2) is 0 Å². The van der Waals surface area contributed by atoms with Crippen molar-refractivity contribution in [2.75, 3.05) is 21.3 Å². The van der Waals surface area contributed by atoms with Crippen molar-refractivity contribution >= 4 is 5.91 Å². The van der Waals surface area contributed by atoms with E-state index in [4.69, 9.17) is 14.2 Å². The third-order valence-corrected chi connectivity index (χ3v) is 4.90. The van der Waals surface area contributed by atoms with Crippen molar-refractivity contribution in [3.63, 3.8) is 0 Å². The number of methoxy groups -OCH3 is 3. The maximum absolute atomic E-state index is 12.7. The summed E-state index contributed by atoms with van der Waals surface area (Å²) in [4.78, 5) is 12.7. The van der Waals surface area contributed by atoms with Crippen LogP contribution in [0.3, 0.4) is 0 Å². The van der Waals surface area contributed by atoms with E-state index in [-0.39, 0.29) is 11.9 Å². The number of nitrogens with one attached hydrogen (secondary N) is 1. The molecule has 0 bridgehead atoms.